The van der Waals surface area contributed by atoms with Crippen LogP contribution in [0, 0.1) is 0 Å². The van der Waals surface area contributed by atoms with E-state index in [4.69, 9.17) is 4.74 Å². The van der Waals surface area contributed by atoms with Crippen LogP contribution in [0.1, 0.15) is 12.8 Å². The number of hydrogen-bond donors (Lipinski definition) is 0. The Hall–Kier alpha value is -1.10. The zero-order chi connectivity index (χ0) is 11.3. The number of epoxide rings is 1. The van der Waals surface area contributed by atoms with Crippen LogP contribution < -0.4 is 0 Å². The zero-order valence-corrected chi connectivity index (χ0v) is 7.91. The van der Waals surface area contributed by atoms with Gasteiger partial charge in [0, 0.05) is 6.42 Å². The van der Waals surface area contributed by atoms with Crippen LogP contribution in [0.3, 0.4) is 0 Å². The van der Waals surface area contributed by atoms with Gasteiger partial charge in [-0.1, -0.05) is 18.2 Å². The van der Waals surface area contributed by atoms with Crippen LogP contribution in [0.25, 0.3) is 0 Å². The minimum absolute atomic E-state index is 0.00407. The molecule has 1 unspecified atom stereocenters. The predicted octanol–water partition coefficient (Wildman–Crippen LogP) is 2.41. The fourth-order valence-corrected chi connectivity index (χ4v) is 1.15. The molecule has 0 aromatic rings. The minimum Gasteiger partial charge on any atom is -0.365 e. The molecule has 0 N–H and O–H groups in total. The van der Waals surface area contributed by atoms with Crippen molar-refractivity contribution in [2.45, 2.75) is 31.2 Å². The lowest BCUT2D eigenvalue weighted by molar-refractivity contribution is -0.136. The first kappa shape index (κ1) is 12.0. The van der Waals surface area contributed by atoms with Gasteiger partial charge in [0.05, 0.1) is 6.10 Å². The summed E-state index contributed by atoms with van der Waals surface area (Å²) >= 11 is 0. The molecule has 0 aromatic heterocycles. The van der Waals surface area contributed by atoms with Crippen molar-refractivity contribution in [3.05, 3.63) is 24.3 Å². The smallest absolute Gasteiger partial charge is 0.365 e. The maximum atomic E-state index is 11.8. The standard InChI is InChI=1S/C10H11F3O2/c11-10(12,13)6-5-9-8(15-9)4-2-1-3-7-14/h1-4,7-9H,5-6H2/b3-1+,4-2-/t8-,9?/m0/s1. The molecule has 1 fully saturated rings. The van der Waals surface area contributed by atoms with E-state index in [0.29, 0.717) is 6.29 Å². The van der Waals surface area contributed by atoms with E-state index in [1.54, 1.807) is 12.2 Å². The van der Waals surface area contributed by atoms with Crippen LogP contribution in [-0.4, -0.2) is 24.7 Å². The van der Waals surface area contributed by atoms with Gasteiger partial charge >= 0.3 is 6.18 Å². The second kappa shape index (κ2) is 5.11. The Kier molecular flexibility index (Phi) is 4.08. The van der Waals surface area contributed by atoms with E-state index in [2.05, 4.69) is 0 Å². The summed E-state index contributed by atoms with van der Waals surface area (Å²) in [6.45, 7) is 0. The van der Waals surface area contributed by atoms with Crippen molar-refractivity contribution in [1.82, 2.24) is 0 Å². The summed E-state index contributed by atoms with van der Waals surface area (Å²) in [5, 5.41) is 0. The lowest BCUT2D eigenvalue weighted by Crippen LogP contribution is -2.08. The van der Waals surface area contributed by atoms with Gasteiger partial charge in [0.15, 0.2) is 0 Å². The molecule has 1 heterocycles. The monoisotopic (exact) mass is 220 g/mol. The van der Waals surface area contributed by atoms with Gasteiger partial charge in [-0.2, -0.15) is 13.2 Å². The third kappa shape index (κ3) is 5.37. The topological polar surface area (TPSA) is 29.6 Å². The molecule has 0 aliphatic carbocycles. The first-order valence-corrected chi connectivity index (χ1v) is 4.54. The van der Waals surface area contributed by atoms with Gasteiger partial charge in [-0.25, -0.2) is 0 Å². The minimum atomic E-state index is -4.11. The number of carbonyl (C=O) groups excluding carboxylic acids is 1. The van der Waals surface area contributed by atoms with Crippen LogP contribution in [0.2, 0.25) is 0 Å². The number of ether oxygens (including phenoxy) is 1. The third-order valence-corrected chi connectivity index (χ3v) is 1.94. The van der Waals surface area contributed by atoms with E-state index < -0.39 is 12.6 Å². The number of rotatable bonds is 5. The van der Waals surface area contributed by atoms with E-state index in [1.165, 1.54) is 12.2 Å². The van der Waals surface area contributed by atoms with Gasteiger partial charge in [-0.05, 0) is 12.5 Å². The summed E-state index contributed by atoms with van der Waals surface area (Å²) in [5.74, 6) is 0. The SMILES string of the molecule is O=C/C=C/C=C\[C@@H]1OC1CCC(F)(F)F. The lowest BCUT2D eigenvalue weighted by Gasteiger charge is -2.02. The van der Waals surface area contributed by atoms with Crippen molar-refractivity contribution in [3.63, 3.8) is 0 Å². The van der Waals surface area contributed by atoms with Gasteiger partial charge in [0.1, 0.15) is 12.4 Å². The highest BCUT2D eigenvalue weighted by atomic mass is 19.4. The Balaban J connectivity index is 2.15. The Morgan fingerprint density at radius 3 is 2.53 bits per heavy atom. The molecule has 1 aliphatic heterocycles. The summed E-state index contributed by atoms with van der Waals surface area (Å²) in [6, 6.07) is 0. The summed E-state index contributed by atoms with van der Waals surface area (Å²) in [4.78, 5) is 9.87. The second-order valence-corrected chi connectivity index (χ2v) is 3.20. The van der Waals surface area contributed by atoms with E-state index in [9.17, 15) is 18.0 Å². The zero-order valence-electron chi connectivity index (χ0n) is 7.91. The molecule has 0 saturated carbocycles. The highest BCUT2D eigenvalue weighted by molar-refractivity contribution is 5.65. The van der Waals surface area contributed by atoms with Crippen LogP contribution in [0.5, 0.6) is 0 Å². The molecule has 1 rings (SSSR count). The molecule has 15 heavy (non-hydrogen) atoms. The average Bonchev–Trinajstić information content (AvgIpc) is 2.87. The lowest BCUT2D eigenvalue weighted by atomic mass is 10.2. The van der Waals surface area contributed by atoms with Gasteiger partial charge in [-0.3, -0.25) is 4.79 Å². The van der Waals surface area contributed by atoms with Crippen molar-refractivity contribution in [2.75, 3.05) is 0 Å². The van der Waals surface area contributed by atoms with Crippen molar-refractivity contribution < 1.29 is 22.7 Å². The van der Waals surface area contributed by atoms with Crippen molar-refractivity contribution in [2.24, 2.45) is 0 Å². The molecular weight excluding hydrogens is 209 g/mol. The molecule has 2 atom stereocenters. The number of alkyl halides is 3. The maximum absolute atomic E-state index is 11.8. The summed E-state index contributed by atoms with van der Waals surface area (Å²) in [5.41, 5.74) is 0. The molecule has 1 aliphatic rings. The van der Waals surface area contributed by atoms with Gasteiger partial charge < -0.3 is 4.74 Å². The van der Waals surface area contributed by atoms with Gasteiger partial charge in [0.2, 0.25) is 0 Å². The quantitative estimate of drug-likeness (QED) is 0.308. The molecule has 84 valence electrons. The predicted molar refractivity (Wildman–Crippen MR) is 48.3 cm³/mol. The van der Waals surface area contributed by atoms with Crippen molar-refractivity contribution in [3.8, 4) is 0 Å². The number of hydrogen-bond acceptors (Lipinski definition) is 2. The Morgan fingerprint density at radius 2 is 1.93 bits per heavy atom. The second-order valence-electron chi connectivity index (χ2n) is 3.20. The summed E-state index contributed by atoms with van der Waals surface area (Å²) < 4.78 is 40.4. The molecule has 0 amide bonds. The van der Waals surface area contributed by atoms with E-state index in [0.717, 1.165) is 0 Å². The van der Waals surface area contributed by atoms with Gasteiger partial charge in [-0.15, -0.1) is 0 Å². The fraction of sp³-hybridized carbons (Fsp3) is 0.500. The van der Waals surface area contributed by atoms with Gasteiger partial charge in [0.25, 0.3) is 0 Å². The molecule has 0 spiro atoms. The molecule has 2 nitrogen and oxygen atoms in total. The normalized spacial score (nSPS) is 26.3. The highest BCUT2D eigenvalue weighted by Gasteiger charge is 2.39. The molecule has 1 saturated heterocycles. The molecule has 0 bridgehead atoms. The molecule has 0 aromatic carbocycles. The Labute approximate surface area is 85.4 Å². The summed E-state index contributed by atoms with van der Waals surface area (Å²) in [6.07, 6.45) is 1.17. The molecular formula is C10H11F3O2. The number of allylic oxidation sites excluding steroid dienone is 3. The van der Waals surface area contributed by atoms with Crippen LogP contribution in [0.4, 0.5) is 13.2 Å². The Morgan fingerprint density at radius 1 is 1.20 bits per heavy atom. The largest absolute Gasteiger partial charge is 0.389 e. The summed E-state index contributed by atoms with van der Waals surface area (Å²) in [7, 11) is 0. The fourth-order valence-electron chi connectivity index (χ4n) is 1.15. The number of aldehydes is 1. The van der Waals surface area contributed by atoms with E-state index in [-0.39, 0.29) is 18.6 Å². The molecule has 0 radical (unpaired) electrons. The first-order chi connectivity index (χ1) is 7.03. The van der Waals surface area contributed by atoms with E-state index >= 15 is 0 Å². The average molecular weight is 220 g/mol. The third-order valence-electron chi connectivity index (χ3n) is 1.94. The van der Waals surface area contributed by atoms with E-state index in [1.807, 2.05) is 0 Å². The Bertz CT molecular complexity index is 268. The maximum Gasteiger partial charge on any atom is 0.389 e. The van der Waals surface area contributed by atoms with Crippen molar-refractivity contribution in [1.29, 1.82) is 0 Å². The molecule has 5 heteroatoms. The number of halogens is 3. The first-order valence-electron chi connectivity index (χ1n) is 4.54. The van der Waals surface area contributed by atoms with Crippen LogP contribution in [0.15, 0.2) is 24.3 Å². The van der Waals surface area contributed by atoms with Crippen molar-refractivity contribution >= 4 is 6.29 Å². The highest BCUT2D eigenvalue weighted by Crippen LogP contribution is 2.32. The van der Waals surface area contributed by atoms with Crippen LogP contribution >= 0.6 is 0 Å². The van der Waals surface area contributed by atoms with Crippen LogP contribution in [-0.2, 0) is 9.53 Å². The number of carbonyl (C=O) groups is 1.